The Balaban J connectivity index is 0.824. The van der Waals surface area contributed by atoms with Crippen molar-refractivity contribution in [2.45, 2.75) is 30.7 Å². The first kappa shape index (κ1) is 39.7. The van der Waals surface area contributed by atoms with Gasteiger partial charge in [0, 0.05) is 33.8 Å². The number of fused-ring (bicyclic) bond motifs is 11. The number of nitrogens with zero attached hydrogens (tertiary/aromatic N) is 1. The van der Waals surface area contributed by atoms with Gasteiger partial charge in [0.05, 0.1) is 17.2 Å². The fourth-order valence-corrected chi connectivity index (χ4v) is 12.5. The monoisotopic (exact) mass is 880 g/mol. The first-order valence-corrected chi connectivity index (χ1v) is 24.5. The summed E-state index contributed by atoms with van der Waals surface area (Å²) in [6.45, 7) is 0. The predicted octanol–water partition coefficient (Wildman–Crippen LogP) is 16.8. The quantitative estimate of drug-likeness (QED) is 0.172. The minimum absolute atomic E-state index is 0.242. The van der Waals surface area contributed by atoms with Crippen LogP contribution >= 0.6 is 0 Å². The van der Waals surface area contributed by atoms with Crippen LogP contribution in [0.15, 0.2) is 260 Å². The minimum atomic E-state index is -0.458. The molecule has 1 unspecified atom stereocenters. The van der Waals surface area contributed by atoms with Gasteiger partial charge in [-0.05, 0) is 145 Å². The van der Waals surface area contributed by atoms with Crippen LogP contribution in [0.5, 0.6) is 0 Å². The zero-order chi connectivity index (χ0) is 45.5. The Morgan fingerprint density at radius 1 is 0.449 bits per heavy atom. The van der Waals surface area contributed by atoms with E-state index < -0.39 is 5.41 Å². The van der Waals surface area contributed by atoms with E-state index in [0.29, 0.717) is 0 Å². The highest BCUT2D eigenvalue weighted by Crippen LogP contribution is 2.58. The second-order valence-corrected chi connectivity index (χ2v) is 19.0. The van der Waals surface area contributed by atoms with E-state index in [1.54, 1.807) is 0 Å². The van der Waals surface area contributed by atoms with Crippen LogP contribution in [0.3, 0.4) is 0 Å². The normalized spacial score (nSPS) is 16.7. The Kier molecular flexibility index (Phi) is 9.10. The summed E-state index contributed by atoms with van der Waals surface area (Å²) >= 11 is 0. The van der Waals surface area contributed by atoms with Gasteiger partial charge < -0.3 is 10.2 Å². The van der Waals surface area contributed by atoms with E-state index in [1.165, 1.54) is 112 Å². The molecule has 3 aliphatic carbocycles. The average Bonchev–Trinajstić information content (AvgIpc) is 3.87. The molecule has 0 saturated heterocycles. The highest BCUT2D eigenvalue weighted by atomic mass is 15.2. The molecule has 0 radical (unpaired) electrons. The molecule has 9 aromatic carbocycles. The van der Waals surface area contributed by atoms with Gasteiger partial charge in [0.25, 0.3) is 0 Å². The molecule has 2 nitrogen and oxygen atoms in total. The van der Waals surface area contributed by atoms with Crippen molar-refractivity contribution >= 4 is 28.2 Å². The Hall–Kier alpha value is -8.46. The lowest BCUT2D eigenvalue weighted by Crippen LogP contribution is -2.31. The summed E-state index contributed by atoms with van der Waals surface area (Å²) in [6, 6.07) is 83.2. The maximum atomic E-state index is 3.94. The molecule has 1 N–H and O–H groups in total. The Morgan fingerprint density at radius 2 is 1.10 bits per heavy atom. The third-order valence-corrected chi connectivity index (χ3v) is 15.5. The predicted molar refractivity (Wildman–Crippen MR) is 287 cm³/mol. The Morgan fingerprint density at radius 3 is 1.90 bits per heavy atom. The van der Waals surface area contributed by atoms with E-state index in [2.05, 4.69) is 253 Å². The molecule has 0 fully saturated rings. The number of allylic oxidation sites excluding steroid dienone is 4. The molecule has 326 valence electrons. The summed E-state index contributed by atoms with van der Waals surface area (Å²) in [5.74, 6) is 0. The number of rotatable bonds is 7. The molecule has 9 aromatic rings. The fourth-order valence-electron chi connectivity index (χ4n) is 12.5. The number of hydrogen-bond acceptors (Lipinski definition) is 2. The van der Waals surface area contributed by atoms with E-state index >= 15 is 0 Å². The molecule has 0 spiro atoms. The topological polar surface area (TPSA) is 15.3 Å². The van der Waals surface area contributed by atoms with Crippen molar-refractivity contribution < 1.29 is 0 Å². The molecule has 5 aliphatic rings. The van der Waals surface area contributed by atoms with Crippen molar-refractivity contribution in [1.29, 1.82) is 0 Å². The van der Waals surface area contributed by atoms with Gasteiger partial charge in [-0.15, -0.1) is 0 Å². The smallest absolute Gasteiger partial charge is 0.0714 e. The molecule has 14 rings (SSSR count). The van der Waals surface area contributed by atoms with Gasteiger partial charge in [0.1, 0.15) is 0 Å². The highest BCUT2D eigenvalue weighted by Gasteiger charge is 2.46. The largest absolute Gasteiger partial charge is 0.355 e. The van der Waals surface area contributed by atoms with Gasteiger partial charge in [0.2, 0.25) is 0 Å². The fraction of sp³-hybridized carbons (Fsp3) is 0.0746. The van der Waals surface area contributed by atoms with E-state index in [4.69, 9.17) is 0 Å². The molecule has 2 heterocycles. The van der Waals surface area contributed by atoms with Crippen molar-refractivity contribution in [2.75, 3.05) is 10.2 Å². The van der Waals surface area contributed by atoms with E-state index in [0.717, 1.165) is 30.6 Å². The molecule has 2 aliphatic heterocycles. The molecule has 0 amide bonds. The summed E-state index contributed by atoms with van der Waals surface area (Å²) in [4.78, 5) is 2.70. The highest BCUT2D eigenvalue weighted by molar-refractivity contribution is 6.03. The van der Waals surface area contributed by atoms with Crippen molar-refractivity contribution in [2.24, 2.45) is 0 Å². The molecular formula is C67H48N2. The first-order valence-electron chi connectivity index (χ1n) is 24.5. The van der Waals surface area contributed by atoms with Crippen LogP contribution in [-0.2, 0) is 5.41 Å². The van der Waals surface area contributed by atoms with Gasteiger partial charge in [-0.3, -0.25) is 0 Å². The number of hydrogen-bond donors (Lipinski definition) is 1. The van der Waals surface area contributed by atoms with E-state index in [-0.39, 0.29) is 6.04 Å². The van der Waals surface area contributed by atoms with Crippen LogP contribution in [-0.4, -0.2) is 6.04 Å². The zero-order valence-electron chi connectivity index (χ0n) is 38.2. The standard InChI is InChI=1S/C67H48N2/c1-4-18-44(19-5-1)46-34-38-64-59(41-46)54-28-11-10-27-53(54)57-30-17-31-58-60-42-47(35-39-65(60)69(64)66(57)58)45-20-16-21-48(40-45)52-26-13-15-33-63(52)68-51-36-37-56-55-29-12-14-32-61(55)67(62(56)43-51,49-22-6-2-7-23-49)50-24-8-3-9-25-50/h1-16,18-30,32-38,40-43,65,68H,17,31,39H2. The molecule has 2 heteroatoms. The molecule has 69 heavy (non-hydrogen) atoms. The molecule has 0 aromatic heterocycles. The number of benzene rings is 9. The second kappa shape index (κ2) is 15.8. The van der Waals surface area contributed by atoms with Gasteiger partial charge in [0.15, 0.2) is 0 Å². The summed E-state index contributed by atoms with van der Waals surface area (Å²) in [6.07, 6.45) is 10.5. The van der Waals surface area contributed by atoms with Crippen molar-refractivity contribution in [3.05, 3.63) is 293 Å². The van der Waals surface area contributed by atoms with Gasteiger partial charge >= 0.3 is 0 Å². The van der Waals surface area contributed by atoms with Gasteiger partial charge in [-0.25, -0.2) is 0 Å². The summed E-state index contributed by atoms with van der Waals surface area (Å²) in [5.41, 5.74) is 27.8. The van der Waals surface area contributed by atoms with Crippen LogP contribution in [0.1, 0.15) is 52.6 Å². The Labute approximate surface area is 404 Å². The summed E-state index contributed by atoms with van der Waals surface area (Å²) in [7, 11) is 0. The molecule has 0 bridgehead atoms. The van der Waals surface area contributed by atoms with Crippen molar-refractivity contribution in [3.8, 4) is 44.5 Å². The molecular weight excluding hydrogens is 833 g/mol. The summed E-state index contributed by atoms with van der Waals surface area (Å²) in [5, 5.41) is 3.94. The third kappa shape index (κ3) is 6.12. The van der Waals surface area contributed by atoms with Crippen molar-refractivity contribution in [3.63, 3.8) is 0 Å². The van der Waals surface area contributed by atoms with Gasteiger partial charge in [-0.1, -0.05) is 200 Å². The average molecular weight is 881 g/mol. The number of para-hydroxylation sites is 1. The zero-order valence-corrected chi connectivity index (χ0v) is 38.2. The van der Waals surface area contributed by atoms with Crippen LogP contribution in [0.4, 0.5) is 17.1 Å². The maximum absolute atomic E-state index is 3.94. The SMILES string of the molecule is C1=C(c2cccc(-c3ccccc3Nc3ccc4c(c3)C(c3ccccc3)(c3ccccc3)c3ccccc3-4)c2)C=C2C3=C4C(=CCC3)c3ccccc3-c3cc(-c5ccccc5)ccc3N4C2C1. The third-order valence-electron chi connectivity index (χ3n) is 15.5. The first-order chi connectivity index (χ1) is 34.2. The van der Waals surface area contributed by atoms with Crippen LogP contribution in [0.2, 0.25) is 0 Å². The van der Waals surface area contributed by atoms with Crippen LogP contribution < -0.4 is 10.2 Å². The molecule has 0 saturated carbocycles. The number of nitrogens with one attached hydrogen (secondary N) is 1. The van der Waals surface area contributed by atoms with Crippen LogP contribution in [0, 0.1) is 0 Å². The van der Waals surface area contributed by atoms with Gasteiger partial charge in [-0.2, -0.15) is 0 Å². The second-order valence-electron chi connectivity index (χ2n) is 19.0. The lowest BCUT2D eigenvalue weighted by atomic mass is 9.67. The maximum Gasteiger partial charge on any atom is 0.0714 e. The Bertz CT molecular complexity index is 3620. The van der Waals surface area contributed by atoms with E-state index in [1.807, 2.05) is 0 Å². The van der Waals surface area contributed by atoms with Crippen molar-refractivity contribution in [1.82, 2.24) is 0 Å². The van der Waals surface area contributed by atoms with Crippen LogP contribution in [0.25, 0.3) is 55.7 Å². The summed E-state index contributed by atoms with van der Waals surface area (Å²) < 4.78 is 0. The lowest BCUT2D eigenvalue weighted by molar-refractivity contribution is 0.769. The minimum Gasteiger partial charge on any atom is -0.355 e. The van der Waals surface area contributed by atoms with E-state index in [9.17, 15) is 0 Å². The lowest BCUT2D eigenvalue weighted by Gasteiger charge is -2.34. The molecule has 1 atom stereocenters. The number of anilines is 3.